The number of carbonyl (C=O) groups excluding carboxylic acids is 1. The minimum absolute atomic E-state index is 0.166. The smallest absolute Gasteiger partial charge is 0.307 e. The van der Waals surface area contributed by atoms with Gasteiger partial charge in [0.05, 0.1) is 6.20 Å². The Morgan fingerprint density at radius 2 is 1.57 bits per heavy atom. The van der Waals surface area contributed by atoms with Crippen molar-refractivity contribution in [3.8, 4) is 0 Å². The second kappa shape index (κ2) is 8.85. The quantitative estimate of drug-likeness (QED) is 0.879. The van der Waals surface area contributed by atoms with E-state index in [1.807, 2.05) is 0 Å². The average molecular weight is 292 g/mol. The summed E-state index contributed by atoms with van der Waals surface area (Å²) in [5.41, 5.74) is 0. The number of amides is 1. The average Bonchev–Trinajstić information content (AvgIpc) is 2.88. The summed E-state index contributed by atoms with van der Waals surface area (Å²) >= 11 is 0. The van der Waals surface area contributed by atoms with Crippen LogP contribution >= 0.6 is 0 Å². The van der Waals surface area contributed by atoms with E-state index in [1.54, 1.807) is 13.1 Å². The van der Waals surface area contributed by atoms with E-state index in [0.29, 0.717) is 5.76 Å². The second-order valence-electron chi connectivity index (χ2n) is 6.21. The molecule has 0 atom stereocenters. The molecule has 0 unspecified atom stereocenters. The SMILES string of the molecule is Cc1cnc(C(=O)NC2CCCCCCCCCCC2)o1. The number of hydrogen-bond donors (Lipinski definition) is 1. The first-order valence-corrected chi connectivity index (χ1v) is 8.49. The van der Waals surface area contributed by atoms with E-state index >= 15 is 0 Å². The summed E-state index contributed by atoms with van der Waals surface area (Å²) in [7, 11) is 0. The van der Waals surface area contributed by atoms with Crippen LogP contribution in [0.15, 0.2) is 10.6 Å². The molecule has 4 heteroatoms. The molecule has 1 aromatic rings. The molecule has 1 amide bonds. The van der Waals surface area contributed by atoms with Gasteiger partial charge in [-0.25, -0.2) is 4.98 Å². The summed E-state index contributed by atoms with van der Waals surface area (Å²) in [5.74, 6) is 0.706. The van der Waals surface area contributed by atoms with Gasteiger partial charge in [0.2, 0.25) is 0 Å². The molecule has 1 N–H and O–H groups in total. The normalized spacial score (nSPS) is 19.5. The van der Waals surface area contributed by atoms with Gasteiger partial charge in [0.1, 0.15) is 5.76 Å². The fourth-order valence-electron chi connectivity index (χ4n) is 3.01. The number of nitrogens with zero attached hydrogens (tertiary/aromatic N) is 1. The van der Waals surface area contributed by atoms with Crippen LogP contribution in [0, 0.1) is 6.92 Å². The van der Waals surface area contributed by atoms with E-state index < -0.39 is 0 Å². The van der Waals surface area contributed by atoms with E-state index in [2.05, 4.69) is 10.3 Å². The van der Waals surface area contributed by atoms with Gasteiger partial charge in [0.25, 0.3) is 5.89 Å². The first-order chi connectivity index (χ1) is 10.3. The van der Waals surface area contributed by atoms with Crippen molar-refractivity contribution in [1.82, 2.24) is 10.3 Å². The van der Waals surface area contributed by atoms with Crippen molar-refractivity contribution in [2.24, 2.45) is 0 Å². The highest BCUT2D eigenvalue weighted by atomic mass is 16.4. The van der Waals surface area contributed by atoms with Crippen LogP contribution in [0.4, 0.5) is 0 Å². The second-order valence-corrected chi connectivity index (χ2v) is 6.21. The first kappa shape index (κ1) is 16.1. The minimum atomic E-state index is -0.166. The number of rotatable bonds is 2. The van der Waals surface area contributed by atoms with Crippen molar-refractivity contribution in [3.63, 3.8) is 0 Å². The Bertz CT molecular complexity index is 416. The van der Waals surface area contributed by atoms with Crippen molar-refractivity contribution in [3.05, 3.63) is 17.8 Å². The topological polar surface area (TPSA) is 55.1 Å². The van der Waals surface area contributed by atoms with E-state index in [-0.39, 0.29) is 17.8 Å². The Morgan fingerprint density at radius 3 is 2.05 bits per heavy atom. The van der Waals surface area contributed by atoms with Crippen LogP contribution < -0.4 is 5.32 Å². The molecule has 2 rings (SSSR count). The highest BCUT2D eigenvalue weighted by Crippen LogP contribution is 2.17. The molecule has 21 heavy (non-hydrogen) atoms. The molecular formula is C17H28N2O2. The molecule has 0 bridgehead atoms. The maximum absolute atomic E-state index is 12.1. The Labute approximate surface area is 127 Å². The van der Waals surface area contributed by atoms with Gasteiger partial charge in [-0.15, -0.1) is 0 Å². The summed E-state index contributed by atoms with van der Waals surface area (Å²) in [5, 5.41) is 3.11. The molecule has 0 radical (unpaired) electrons. The Balaban J connectivity index is 1.83. The maximum atomic E-state index is 12.1. The third-order valence-electron chi connectivity index (χ3n) is 4.26. The van der Waals surface area contributed by atoms with Crippen molar-refractivity contribution < 1.29 is 9.21 Å². The van der Waals surface area contributed by atoms with Crippen molar-refractivity contribution in [2.75, 3.05) is 0 Å². The van der Waals surface area contributed by atoms with Crippen LogP contribution in [0.2, 0.25) is 0 Å². The molecule has 0 aromatic carbocycles. The molecule has 1 fully saturated rings. The number of nitrogens with one attached hydrogen (secondary N) is 1. The number of carbonyl (C=O) groups is 1. The lowest BCUT2D eigenvalue weighted by Crippen LogP contribution is -2.35. The van der Waals surface area contributed by atoms with Gasteiger partial charge in [0.15, 0.2) is 0 Å². The molecule has 0 spiro atoms. The molecule has 4 nitrogen and oxygen atoms in total. The van der Waals surface area contributed by atoms with Crippen molar-refractivity contribution in [1.29, 1.82) is 0 Å². The summed E-state index contributed by atoms with van der Waals surface area (Å²) in [6, 6.07) is 0.268. The standard InChI is InChI=1S/C17H28N2O2/c1-14-13-18-17(21-14)16(20)19-15-11-9-7-5-3-2-4-6-8-10-12-15/h13,15H,2-12H2,1H3,(H,19,20). The van der Waals surface area contributed by atoms with Crippen LogP contribution in [-0.4, -0.2) is 16.9 Å². The van der Waals surface area contributed by atoms with Crippen LogP contribution in [0.5, 0.6) is 0 Å². The van der Waals surface area contributed by atoms with Gasteiger partial charge in [-0.1, -0.05) is 57.8 Å². The zero-order valence-corrected chi connectivity index (χ0v) is 13.2. The lowest BCUT2D eigenvalue weighted by molar-refractivity contribution is 0.0895. The van der Waals surface area contributed by atoms with Crippen LogP contribution in [0.1, 0.15) is 87.1 Å². The number of oxazole rings is 1. The third kappa shape index (κ3) is 5.90. The molecule has 118 valence electrons. The first-order valence-electron chi connectivity index (χ1n) is 8.49. The van der Waals surface area contributed by atoms with E-state index in [0.717, 1.165) is 12.8 Å². The molecule has 1 aliphatic rings. The Morgan fingerprint density at radius 1 is 1.05 bits per heavy atom. The summed E-state index contributed by atoms with van der Waals surface area (Å²) in [6.45, 7) is 1.81. The number of aryl methyl sites for hydroxylation is 1. The molecule has 0 aliphatic heterocycles. The lowest BCUT2D eigenvalue weighted by atomic mass is 9.98. The monoisotopic (exact) mass is 292 g/mol. The zero-order chi connectivity index (χ0) is 14.9. The largest absolute Gasteiger partial charge is 0.438 e. The van der Waals surface area contributed by atoms with Crippen LogP contribution in [0.3, 0.4) is 0 Å². The highest BCUT2D eigenvalue weighted by Gasteiger charge is 2.17. The summed E-state index contributed by atoms with van der Waals surface area (Å²) < 4.78 is 5.30. The number of aromatic nitrogens is 1. The van der Waals surface area contributed by atoms with Crippen molar-refractivity contribution >= 4 is 5.91 Å². The predicted octanol–water partition coefficient (Wildman–Crippen LogP) is 4.39. The molecule has 1 aliphatic carbocycles. The molecule has 1 saturated carbocycles. The summed E-state index contributed by atoms with van der Waals surface area (Å²) in [4.78, 5) is 16.1. The number of hydrogen-bond acceptors (Lipinski definition) is 3. The maximum Gasteiger partial charge on any atom is 0.307 e. The molecule has 1 aromatic heterocycles. The van der Waals surface area contributed by atoms with Gasteiger partial charge in [-0.3, -0.25) is 4.79 Å². The van der Waals surface area contributed by atoms with Gasteiger partial charge in [0, 0.05) is 6.04 Å². The molecule has 1 heterocycles. The molecule has 0 saturated heterocycles. The lowest BCUT2D eigenvalue weighted by Gasteiger charge is -2.18. The highest BCUT2D eigenvalue weighted by molar-refractivity contribution is 5.89. The van der Waals surface area contributed by atoms with E-state index in [4.69, 9.17) is 4.42 Å². The minimum Gasteiger partial charge on any atom is -0.438 e. The summed E-state index contributed by atoms with van der Waals surface area (Å²) in [6.07, 6.45) is 15.5. The van der Waals surface area contributed by atoms with E-state index in [9.17, 15) is 4.79 Å². The Hall–Kier alpha value is -1.32. The zero-order valence-electron chi connectivity index (χ0n) is 13.2. The van der Waals surface area contributed by atoms with Crippen LogP contribution in [-0.2, 0) is 0 Å². The molecular weight excluding hydrogens is 264 g/mol. The Kier molecular flexibility index (Phi) is 6.77. The predicted molar refractivity (Wildman–Crippen MR) is 83.3 cm³/mol. The van der Waals surface area contributed by atoms with E-state index in [1.165, 1.54) is 57.8 Å². The van der Waals surface area contributed by atoms with Gasteiger partial charge < -0.3 is 9.73 Å². The van der Waals surface area contributed by atoms with Gasteiger partial charge >= 0.3 is 5.91 Å². The van der Waals surface area contributed by atoms with Gasteiger partial charge in [-0.05, 0) is 19.8 Å². The fourth-order valence-corrected chi connectivity index (χ4v) is 3.01. The third-order valence-corrected chi connectivity index (χ3v) is 4.26. The van der Waals surface area contributed by atoms with Gasteiger partial charge in [-0.2, -0.15) is 0 Å². The fraction of sp³-hybridized carbons (Fsp3) is 0.765. The van der Waals surface area contributed by atoms with Crippen LogP contribution in [0.25, 0.3) is 0 Å². The van der Waals surface area contributed by atoms with Crippen molar-refractivity contribution in [2.45, 2.75) is 83.6 Å².